The second kappa shape index (κ2) is 6.95. The minimum absolute atomic E-state index is 0.231. The number of nitrogens with zero attached hydrogens (tertiary/aromatic N) is 1. The second-order valence-corrected chi connectivity index (χ2v) is 4.54. The van der Waals surface area contributed by atoms with Crippen LogP contribution in [-0.4, -0.2) is 25.5 Å². The Labute approximate surface area is 127 Å². The monoisotopic (exact) mass is 307 g/mol. The highest BCUT2D eigenvalue weighted by Crippen LogP contribution is 2.38. The van der Waals surface area contributed by atoms with E-state index in [0.717, 1.165) is 5.56 Å². The van der Waals surface area contributed by atoms with Crippen molar-refractivity contribution in [3.8, 4) is 17.2 Å². The zero-order valence-electron chi connectivity index (χ0n) is 11.6. The Bertz CT molecular complexity index is 620. The highest BCUT2D eigenvalue weighted by Gasteiger charge is 2.14. The number of rotatable bonds is 6. The van der Waals surface area contributed by atoms with Crippen molar-refractivity contribution in [3.63, 3.8) is 0 Å². The van der Waals surface area contributed by atoms with Crippen molar-refractivity contribution in [3.05, 3.63) is 46.7 Å². The summed E-state index contributed by atoms with van der Waals surface area (Å²) in [5, 5.41) is 0.514. The summed E-state index contributed by atoms with van der Waals surface area (Å²) >= 11 is 6.03. The predicted molar refractivity (Wildman–Crippen MR) is 78.5 cm³/mol. The van der Waals surface area contributed by atoms with Crippen molar-refractivity contribution in [2.45, 2.75) is 6.61 Å². The molecule has 0 saturated heterocycles. The number of pyridine rings is 1. The molecule has 0 amide bonds. The first-order valence-corrected chi connectivity index (χ1v) is 6.49. The van der Waals surface area contributed by atoms with Crippen molar-refractivity contribution >= 4 is 17.9 Å². The van der Waals surface area contributed by atoms with Gasteiger partial charge in [-0.15, -0.1) is 0 Å². The summed E-state index contributed by atoms with van der Waals surface area (Å²) < 4.78 is 16.2. The fourth-order valence-electron chi connectivity index (χ4n) is 1.78. The van der Waals surface area contributed by atoms with E-state index in [1.165, 1.54) is 14.2 Å². The summed E-state index contributed by atoms with van der Waals surface area (Å²) in [4.78, 5) is 14.8. The van der Waals surface area contributed by atoms with Crippen LogP contribution in [0.3, 0.4) is 0 Å². The molecule has 6 heteroatoms. The number of benzene rings is 1. The van der Waals surface area contributed by atoms with Gasteiger partial charge in [-0.3, -0.25) is 9.78 Å². The van der Waals surface area contributed by atoms with Crippen LogP contribution >= 0.6 is 11.6 Å². The Morgan fingerprint density at radius 1 is 1.24 bits per heavy atom. The maximum atomic E-state index is 10.9. The lowest BCUT2D eigenvalue weighted by Gasteiger charge is -2.15. The van der Waals surface area contributed by atoms with Gasteiger partial charge in [-0.25, -0.2) is 0 Å². The minimum Gasteiger partial charge on any atom is -0.493 e. The number of hydrogen-bond acceptors (Lipinski definition) is 5. The molecule has 110 valence electrons. The molecular weight excluding hydrogens is 294 g/mol. The van der Waals surface area contributed by atoms with Crippen LogP contribution in [0, 0.1) is 0 Å². The van der Waals surface area contributed by atoms with Gasteiger partial charge in [-0.1, -0.05) is 11.6 Å². The Morgan fingerprint density at radius 3 is 2.43 bits per heavy atom. The van der Waals surface area contributed by atoms with Crippen LogP contribution in [0.1, 0.15) is 15.9 Å². The molecule has 0 atom stereocenters. The summed E-state index contributed by atoms with van der Waals surface area (Å²) in [6.45, 7) is 0.231. The molecule has 0 fully saturated rings. The van der Waals surface area contributed by atoms with Crippen molar-refractivity contribution in [1.29, 1.82) is 0 Å². The van der Waals surface area contributed by atoms with Gasteiger partial charge < -0.3 is 14.2 Å². The number of aldehydes is 1. The Hall–Kier alpha value is -2.27. The van der Waals surface area contributed by atoms with Crippen LogP contribution in [0.5, 0.6) is 17.2 Å². The quantitative estimate of drug-likeness (QED) is 0.767. The highest BCUT2D eigenvalue weighted by molar-refractivity contribution is 6.31. The van der Waals surface area contributed by atoms with Crippen LogP contribution in [0.2, 0.25) is 5.02 Å². The van der Waals surface area contributed by atoms with E-state index < -0.39 is 0 Å². The molecule has 0 spiro atoms. The third-order valence-electron chi connectivity index (χ3n) is 2.85. The van der Waals surface area contributed by atoms with Gasteiger partial charge in [-0.2, -0.15) is 0 Å². The fourth-order valence-corrected chi connectivity index (χ4v) is 1.96. The van der Waals surface area contributed by atoms with Crippen LogP contribution in [0.25, 0.3) is 0 Å². The van der Waals surface area contributed by atoms with Crippen molar-refractivity contribution < 1.29 is 19.0 Å². The fraction of sp³-hybridized carbons (Fsp3) is 0.200. The number of carbonyl (C=O) groups excluding carboxylic acids is 1. The van der Waals surface area contributed by atoms with E-state index >= 15 is 0 Å². The third-order valence-corrected chi connectivity index (χ3v) is 3.19. The summed E-state index contributed by atoms with van der Waals surface area (Å²) in [6, 6.07) is 4.93. The molecule has 0 saturated carbocycles. The third kappa shape index (κ3) is 3.44. The molecule has 0 aliphatic heterocycles. The molecule has 2 aromatic rings. The van der Waals surface area contributed by atoms with E-state index in [9.17, 15) is 4.79 Å². The number of ether oxygens (including phenoxy) is 3. The Balaban J connectivity index is 2.30. The smallest absolute Gasteiger partial charge is 0.203 e. The van der Waals surface area contributed by atoms with Crippen LogP contribution in [0.15, 0.2) is 30.6 Å². The highest BCUT2D eigenvalue weighted by atomic mass is 35.5. The molecule has 1 aromatic heterocycles. The van der Waals surface area contributed by atoms with E-state index in [4.69, 9.17) is 25.8 Å². The summed E-state index contributed by atoms with van der Waals surface area (Å²) in [5.74, 6) is 1.25. The van der Waals surface area contributed by atoms with Crippen molar-refractivity contribution in [2.75, 3.05) is 14.2 Å². The van der Waals surface area contributed by atoms with E-state index in [0.29, 0.717) is 34.1 Å². The average molecular weight is 308 g/mol. The molecule has 1 aromatic carbocycles. The molecule has 2 rings (SSSR count). The molecule has 0 aliphatic carbocycles. The first kappa shape index (κ1) is 15.1. The summed E-state index contributed by atoms with van der Waals surface area (Å²) in [6.07, 6.45) is 3.90. The lowest BCUT2D eigenvalue weighted by molar-refractivity contribution is 0.112. The number of halogens is 1. The van der Waals surface area contributed by atoms with Crippen molar-refractivity contribution in [2.24, 2.45) is 0 Å². The molecule has 0 bridgehead atoms. The van der Waals surface area contributed by atoms with Crippen LogP contribution in [0.4, 0.5) is 0 Å². The molecule has 1 heterocycles. The minimum atomic E-state index is 0.231. The second-order valence-electron chi connectivity index (χ2n) is 4.13. The zero-order chi connectivity index (χ0) is 15.2. The van der Waals surface area contributed by atoms with Gasteiger partial charge in [0.25, 0.3) is 0 Å². The maximum Gasteiger partial charge on any atom is 0.203 e. The molecule has 0 unspecified atom stereocenters. The molecule has 0 N–H and O–H groups in total. The normalized spacial score (nSPS) is 10.0. The van der Waals surface area contributed by atoms with Gasteiger partial charge in [0.15, 0.2) is 11.5 Å². The Kier molecular flexibility index (Phi) is 5.00. The van der Waals surface area contributed by atoms with Gasteiger partial charge in [-0.05, 0) is 18.2 Å². The molecular formula is C15H14ClNO4. The molecule has 0 radical (unpaired) electrons. The predicted octanol–water partition coefficient (Wildman–Crippen LogP) is 3.14. The largest absolute Gasteiger partial charge is 0.493 e. The molecule has 0 aliphatic rings. The molecule has 5 nitrogen and oxygen atoms in total. The molecule has 21 heavy (non-hydrogen) atoms. The lowest BCUT2D eigenvalue weighted by atomic mass is 10.2. The van der Waals surface area contributed by atoms with Gasteiger partial charge in [0.2, 0.25) is 5.75 Å². The number of aromatic nitrogens is 1. The lowest BCUT2D eigenvalue weighted by Crippen LogP contribution is -2.01. The average Bonchev–Trinajstić information content (AvgIpc) is 2.53. The van der Waals surface area contributed by atoms with Crippen LogP contribution < -0.4 is 14.2 Å². The van der Waals surface area contributed by atoms with E-state index in [-0.39, 0.29) is 6.61 Å². The van der Waals surface area contributed by atoms with Gasteiger partial charge in [0, 0.05) is 23.5 Å². The standard InChI is InChI=1S/C15H14ClNO4/c1-19-13-5-10(8-18)6-14(20-2)15(13)21-9-11-3-4-17-7-12(11)16/h3-8H,9H2,1-2H3. The first-order chi connectivity index (χ1) is 10.2. The number of hydrogen-bond donors (Lipinski definition) is 0. The SMILES string of the molecule is COc1cc(C=O)cc(OC)c1OCc1ccncc1Cl. The first-order valence-electron chi connectivity index (χ1n) is 6.12. The van der Waals surface area contributed by atoms with Gasteiger partial charge >= 0.3 is 0 Å². The van der Waals surface area contributed by atoms with Crippen molar-refractivity contribution in [1.82, 2.24) is 4.98 Å². The van der Waals surface area contributed by atoms with Crippen LogP contribution in [-0.2, 0) is 6.61 Å². The topological polar surface area (TPSA) is 57.7 Å². The zero-order valence-corrected chi connectivity index (χ0v) is 12.4. The maximum absolute atomic E-state index is 10.9. The van der Waals surface area contributed by atoms with Gasteiger partial charge in [0.1, 0.15) is 12.9 Å². The Morgan fingerprint density at radius 2 is 1.90 bits per heavy atom. The van der Waals surface area contributed by atoms with Gasteiger partial charge in [0.05, 0.1) is 19.2 Å². The van der Waals surface area contributed by atoms with E-state index in [2.05, 4.69) is 4.98 Å². The van der Waals surface area contributed by atoms with E-state index in [1.54, 1.807) is 30.6 Å². The number of methoxy groups -OCH3 is 2. The van der Waals surface area contributed by atoms with E-state index in [1.807, 2.05) is 0 Å². The summed E-state index contributed by atoms with van der Waals surface area (Å²) in [7, 11) is 2.99. The summed E-state index contributed by atoms with van der Waals surface area (Å²) in [5.41, 5.74) is 1.23. The number of carbonyl (C=O) groups is 1.